The number of benzene rings is 3. The summed E-state index contributed by atoms with van der Waals surface area (Å²) in [6.45, 7) is 3.35. The lowest BCUT2D eigenvalue weighted by Crippen LogP contribution is -2.37. The number of halogens is 4. The molecule has 0 spiro atoms. The Labute approximate surface area is 229 Å². The van der Waals surface area contributed by atoms with Gasteiger partial charge in [-0.2, -0.15) is 13.2 Å². The van der Waals surface area contributed by atoms with E-state index >= 15 is 4.39 Å². The standard InChI is InChI=1S/C30H30F4N4O2/c1-40-26-12-5-11-25-28(26)37(18-20-7-2-3-9-23(20)30(32,33)34)29(39)38(25)22-13-16-36(19-22)27-21(8-4-10-24(27)31)17-35-14-6-15-35/h2-5,7-12,22H,6,13-19H2,1H3/t22-/m1/s1. The zero-order valence-electron chi connectivity index (χ0n) is 22.1. The van der Waals surface area contributed by atoms with Crippen molar-refractivity contribution in [3.8, 4) is 5.75 Å². The van der Waals surface area contributed by atoms with Gasteiger partial charge in [-0.3, -0.25) is 14.0 Å². The van der Waals surface area contributed by atoms with Gasteiger partial charge in [0.15, 0.2) is 0 Å². The minimum absolute atomic E-state index is 0.00269. The molecule has 1 aromatic heterocycles. The summed E-state index contributed by atoms with van der Waals surface area (Å²) < 4.78 is 65.1. The molecule has 0 saturated carbocycles. The Balaban J connectivity index is 1.40. The third-order valence-corrected chi connectivity index (χ3v) is 8.07. The summed E-state index contributed by atoms with van der Waals surface area (Å²) in [5, 5.41) is 0. The van der Waals surface area contributed by atoms with Crippen molar-refractivity contribution in [1.82, 2.24) is 14.0 Å². The van der Waals surface area contributed by atoms with Crippen molar-refractivity contribution in [3.63, 3.8) is 0 Å². The number of alkyl halides is 3. The van der Waals surface area contributed by atoms with Crippen LogP contribution in [0.15, 0.2) is 65.5 Å². The topological polar surface area (TPSA) is 42.6 Å². The molecule has 2 aliphatic rings. The highest BCUT2D eigenvalue weighted by molar-refractivity contribution is 5.83. The van der Waals surface area contributed by atoms with Crippen molar-refractivity contribution < 1.29 is 22.3 Å². The summed E-state index contributed by atoms with van der Waals surface area (Å²) >= 11 is 0. The molecule has 3 heterocycles. The van der Waals surface area contributed by atoms with E-state index in [1.54, 1.807) is 28.8 Å². The van der Waals surface area contributed by atoms with E-state index in [9.17, 15) is 18.0 Å². The van der Waals surface area contributed by atoms with Gasteiger partial charge in [-0.1, -0.05) is 36.4 Å². The van der Waals surface area contributed by atoms with Crippen LogP contribution in [0.4, 0.5) is 23.2 Å². The van der Waals surface area contributed by atoms with Crippen LogP contribution in [0.1, 0.15) is 35.6 Å². The first-order chi connectivity index (χ1) is 19.3. The lowest BCUT2D eigenvalue weighted by atomic mass is 10.1. The van der Waals surface area contributed by atoms with Crippen LogP contribution in [0.2, 0.25) is 0 Å². The first kappa shape index (κ1) is 26.4. The first-order valence-corrected chi connectivity index (χ1v) is 13.4. The Kier molecular flexibility index (Phi) is 6.82. The maximum absolute atomic E-state index is 15.2. The Bertz CT molecular complexity index is 1610. The van der Waals surface area contributed by atoms with Crippen LogP contribution in [-0.4, -0.2) is 47.3 Å². The number of hydrogen-bond donors (Lipinski definition) is 0. The van der Waals surface area contributed by atoms with Gasteiger partial charge < -0.3 is 9.64 Å². The quantitative estimate of drug-likeness (QED) is 0.276. The van der Waals surface area contributed by atoms with Gasteiger partial charge in [-0.25, -0.2) is 9.18 Å². The predicted molar refractivity (Wildman–Crippen MR) is 145 cm³/mol. The fraction of sp³-hybridized carbons (Fsp3) is 0.367. The van der Waals surface area contributed by atoms with Crippen LogP contribution in [0.25, 0.3) is 11.0 Å². The van der Waals surface area contributed by atoms with Crippen LogP contribution in [0, 0.1) is 5.82 Å². The molecule has 0 radical (unpaired) electrons. The largest absolute Gasteiger partial charge is 0.494 e. The van der Waals surface area contributed by atoms with Crippen LogP contribution in [0.5, 0.6) is 5.75 Å². The molecule has 0 bridgehead atoms. The van der Waals surface area contributed by atoms with Crippen LogP contribution in [0.3, 0.4) is 0 Å². The third-order valence-electron chi connectivity index (χ3n) is 8.07. The highest BCUT2D eigenvalue weighted by atomic mass is 19.4. The van der Waals surface area contributed by atoms with Gasteiger partial charge in [0.05, 0.1) is 36.5 Å². The number of aromatic nitrogens is 2. The van der Waals surface area contributed by atoms with Crippen molar-refractivity contribution in [2.45, 2.75) is 38.1 Å². The van der Waals surface area contributed by atoms with Crippen LogP contribution in [-0.2, 0) is 19.3 Å². The lowest BCUT2D eigenvalue weighted by molar-refractivity contribution is -0.138. The Morgan fingerprint density at radius 1 is 0.925 bits per heavy atom. The minimum Gasteiger partial charge on any atom is -0.494 e. The number of nitrogens with zero attached hydrogens (tertiary/aromatic N) is 4. The zero-order chi connectivity index (χ0) is 28.0. The summed E-state index contributed by atoms with van der Waals surface area (Å²) in [6, 6.07) is 15.4. The molecule has 6 nitrogen and oxygen atoms in total. The van der Waals surface area contributed by atoms with Gasteiger partial charge in [-0.05, 0) is 61.3 Å². The van der Waals surface area contributed by atoms with Crippen molar-refractivity contribution >= 4 is 16.7 Å². The molecule has 10 heteroatoms. The van der Waals surface area contributed by atoms with Gasteiger partial charge >= 0.3 is 11.9 Å². The number of anilines is 1. The van der Waals surface area contributed by atoms with Gasteiger partial charge in [-0.15, -0.1) is 0 Å². The van der Waals surface area contributed by atoms with E-state index in [1.807, 2.05) is 11.0 Å². The SMILES string of the molecule is COc1cccc2c1n(Cc1ccccc1C(F)(F)F)c(=O)n2[C@@H]1CCN(c2c(F)cccc2CN2CCC2)C1. The summed E-state index contributed by atoms with van der Waals surface area (Å²) in [5.74, 6) is 0.109. The van der Waals surface area contributed by atoms with E-state index in [-0.39, 0.29) is 24.0 Å². The van der Waals surface area contributed by atoms with Crippen molar-refractivity contribution in [2.75, 3.05) is 38.2 Å². The Morgan fingerprint density at radius 2 is 1.68 bits per heavy atom. The predicted octanol–water partition coefficient (Wildman–Crippen LogP) is 5.67. The molecule has 2 saturated heterocycles. The second-order valence-electron chi connectivity index (χ2n) is 10.5. The molecule has 2 fully saturated rings. The van der Waals surface area contributed by atoms with E-state index in [0.29, 0.717) is 48.5 Å². The van der Waals surface area contributed by atoms with E-state index < -0.39 is 17.4 Å². The van der Waals surface area contributed by atoms with Crippen molar-refractivity contribution in [1.29, 1.82) is 0 Å². The van der Waals surface area contributed by atoms with Crippen LogP contribution < -0.4 is 15.3 Å². The number of ether oxygens (including phenoxy) is 1. The van der Waals surface area contributed by atoms with Gasteiger partial charge in [0.25, 0.3) is 0 Å². The smallest absolute Gasteiger partial charge is 0.416 e. The Morgan fingerprint density at radius 3 is 2.40 bits per heavy atom. The average molecular weight is 555 g/mol. The molecule has 40 heavy (non-hydrogen) atoms. The van der Waals surface area contributed by atoms with E-state index in [0.717, 1.165) is 31.1 Å². The molecular formula is C30H30F4N4O2. The Hall–Kier alpha value is -3.79. The van der Waals surface area contributed by atoms with Crippen molar-refractivity contribution in [3.05, 3.63) is 93.7 Å². The maximum Gasteiger partial charge on any atom is 0.416 e. The molecule has 0 amide bonds. The zero-order valence-corrected chi connectivity index (χ0v) is 22.1. The second-order valence-corrected chi connectivity index (χ2v) is 10.5. The van der Waals surface area contributed by atoms with Gasteiger partial charge in [0.2, 0.25) is 0 Å². The number of imidazole rings is 1. The van der Waals surface area contributed by atoms with Crippen LogP contribution >= 0.6 is 0 Å². The highest BCUT2D eigenvalue weighted by Gasteiger charge is 2.35. The highest BCUT2D eigenvalue weighted by Crippen LogP contribution is 2.36. The lowest BCUT2D eigenvalue weighted by Gasteiger charge is -2.32. The minimum atomic E-state index is -4.55. The molecule has 6 rings (SSSR count). The number of hydrogen-bond acceptors (Lipinski definition) is 4. The van der Waals surface area contributed by atoms with E-state index in [4.69, 9.17) is 4.74 Å². The van der Waals surface area contributed by atoms with E-state index in [1.165, 1.54) is 35.9 Å². The molecule has 4 aromatic rings. The number of rotatable bonds is 7. The molecular weight excluding hydrogens is 524 g/mol. The molecule has 0 aliphatic carbocycles. The molecule has 1 atom stereocenters. The normalized spacial score (nSPS) is 17.9. The summed E-state index contributed by atoms with van der Waals surface area (Å²) in [4.78, 5) is 18.2. The van der Waals surface area contributed by atoms with Gasteiger partial charge in [0, 0.05) is 19.6 Å². The molecule has 3 aromatic carbocycles. The van der Waals surface area contributed by atoms with Crippen molar-refractivity contribution in [2.24, 2.45) is 0 Å². The fourth-order valence-electron chi connectivity index (χ4n) is 6.05. The van der Waals surface area contributed by atoms with Gasteiger partial charge in [0.1, 0.15) is 17.1 Å². The summed E-state index contributed by atoms with van der Waals surface area (Å²) in [5.41, 5.74) is 1.30. The summed E-state index contributed by atoms with van der Waals surface area (Å²) in [7, 11) is 1.47. The summed E-state index contributed by atoms with van der Waals surface area (Å²) in [6.07, 6.45) is -2.82. The number of likely N-dealkylation sites (tertiary alicyclic amines) is 1. The maximum atomic E-state index is 15.2. The first-order valence-electron chi connectivity index (χ1n) is 13.4. The third kappa shape index (κ3) is 4.64. The second kappa shape index (κ2) is 10.3. The number of methoxy groups -OCH3 is 1. The average Bonchev–Trinajstić information content (AvgIpc) is 3.48. The van der Waals surface area contributed by atoms with E-state index in [2.05, 4.69) is 4.90 Å². The number of para-hydroxylation sites is 2. The molecule has 0 unspecified atom stereocenters. The molecule has 0 N–H and O–H groups in total. The molecule has 2 aliphatic heterocycles. The number of fused-ring (bicyclic) bond motifs is 1. The monoisotopic (exact) mass is 554 g/mol. The fourth-order valence-corrected chi connectivity index (χ4v) is 6.05. The molecule has 210 valence electrons.